The van der Waals surface area contributed by atoms with Crippen molar-refractivity contribution in [2.45, 2.75) is 58.9 Å². The van der Waals surface area contributed by atoms with E-state index in [9.17, 15) is 22.4 Å². The summed E-state index contributed by atoms with van der Waals surface area (Å²) >= 11 is 0. The number of ether oxygens (including phenoxy) is 1. The third kappa shape index (κ3) is 5.75. The molecular formula is C30H30F5N3O2. The van der Waals surface area contributed by atoms with Gasteiger partial charge in [0.2, 0.25) is 5.91 Å². The summed E-state index contributed by atoms with van der Waals surface area (Å²) in [7, 11) is 0. The minimum atomic E-state index is -4.54. The highest BCUT2D eigenvalue weighted by Crippen LogP contribution is 2.49. The fourth-order valence-electron chi connectivity index (χ4n) is 4.38. The Kier molecular flexibility index (Phi) is 7.83. The summed E-state index contributed by atoms with van der Waals surface area (Å²) in [6.45, 7) is 10.7. The monoisotopic (exact) mass is 559 g/mol. The molecule has 1 fully saturated rings. The van der Waals surface area contributed by atoms with Gasteiger partial charge in [0.05, 0.1) is 18.8 Å². The predicted molar refractivity (Wildman–Crippen MR) is 143 cm³/mol. The molecule has 5 nitrogen and oxygen atoms in total. The molecule has 1 N–H and O–H groups in total. The second-order valence-electron chi connectivity index (χ2n) is 10.6. The van der Waals surface area contributed by atoms with Crippen molar-refractivity contribution in [3.63, 3.8) is 0 Å². The van der Waals surface area contributed by atoms with E-state index in [0.29, 0.717) is 28.1 Å². The zero-order chi connectivity index (χ0) is 29.5. The quantitative estimate of drug-likeness (QED) is 0.211. The summed E-state index contributed by atoms with van der Waals surface area (Å²) in [6, 6.07) is 7.71. The first-order valence-corrected chi connectivity index (χ1v) is 12.8. The van der Waals surface area contributed by atoms with Gasteiger partial charge in [-0.15, -0.1) is 0 Å². The van der Waals surface area contributed by atoms with Crippen LogP contribution in [0.25, 0.3) is 0 Å². The first-order chi connectivity index (χ1) is 18.7. The van der Waals surface area contributed by atoms with Crippen LogP contribution in [0.2, 0.25) is 0 Å². The van der Waals surface area contributed by atoms with Crippen LogP contribution in [0.15, 0.2) is 47.6 Å². The second kappa shape index (κ2) is 10.7. The van der Waals surface area contributed by atoms with E-state index in [0.717, 1.165) is 6.07 Å². The number of aryl methyl sites for hydroxylation is 1. The highest BCUT2D eigenvalue weighted by Gasteiger charge is 2.64. The van der Waals surface area contributed by atoms with Crippen molar-refractivity contribution in [2.75, 3.05) is 18.1 Å². The summed E-state index contributed by atoms with van der Waals surface area (Å²) in [5.74, 6) is 3.06. The van der Waals surface area contributed by atoms with Gasteiger partial charge in [-0.3, -0.25) is 4.79 Å². The molecule has 0 bridgehead atoms. The van der Waals surface area contributed by atoms with E-state index in [-0.39, 0.29) is 44.0 Å². The molecule has 40 heavy (non-hydrogen) atoms. The number of nitrogens with zero attached hydrogens (tertiary/aromatic N) is 2. The van der Waals surface area contributed by atoms with Gasteiger partial charge in [0, 0.05) is 29.1 Å². The van der Waals surface area contributed by atoms with Crippen LogP contribution >= 0.6 is 0 Å². The molecule has 1 aliphatic carbocycles. The predicted octanol–water partition coefficient (Wildman–Crippen LogP) is 6.18. The smallest absolute Gasteiger partial charge is 0.375 e. The fourth-order valence-corrected chi connectivity index (χ4v) is 4.38. The molecule has 212 valence electrons. The van der Waals surface area contributed by atoms with Crippen molar-refractivity contribution in [1.82, 2.24) is 5.32 Å². The number of hydrogen-bond acceptors (Lipinski definition) is 3. The zero-order valence-corrected chi connectivity index (χ0v) is 22.7. The number of halogens is 5. The van der Waals surface area contributed by atoms with E-state index in [1.807, 2.05) is 0 Å². The minimum Gasteiger partial charge on any atom is -0.375 e. The molecule has 1 heterocycles. The number of allylic oxidation sites excluding steroid dienone is 1. The van der Waals surface area contributed by atoms with Gasteiger partial charge >= 0.3 is 6.18 Å². The number of amides is 1. The van der Waals surface area contributed by atoms with Gasteiger partial charge in [0.15, 0.2) is 11.6 Å². The Bertz CT molecular complexity index is 1450. The summed E-state index contributed by atoms with van der Waals surface area (Å²) in [5.41, 5.74) is -1.10. The van der Waals surface area contributed by atoms with Crippen molar-refractivity contribution >= 4 is 17.4 Å². The minimum absolute atomic E-state index is 0.0104. The Morgan fingerprint density at radius 3 is 2.50 bits per heavy atom. The molecular weight excluding hydrogens is 529 g/mol. The van der Waals surface area contributed by atoms with Gasteiger partial charge in [-0.05, 0) is 64.3 Å². The summed E-state index contributed by atoms with van der Waals surface area (Å²) in [5, 5.41) is 2.14. The molecule has 0 atom stereocenters. The Balaban J connectivity index is 1.74. The van der Waals surface area contributed by atoms with Gasteiger partial charge < -0.3 is 15.0 Å². The summed E-state index contributed by atoms with van der Waals surface area (Å²) in [6.07, 6.45) is -4.86. The van der Waals surface area contributed by atoms with Crippen LogP contribution < -0.4 is 10.2 Å². The van der Waals surface area contributed by atoms with Gasteiger partial charge in [0.25, 0.3) is 0 Å². The fraction of sp³-hybridized carbons (Fsp3) is 0.400. The Morgan fingerprint density at radius 2 is 1.88 bits per heavy atom. The summed E-state index contributed by atoms with van der Waals surface area (Å²) in [4.78, 5) is 19.0. The number of fused-ring (bicyclic) bond motifs is 1. The lowest BCUT2D eigenvalue weighted by Gasteiger charge is -2.28. The largest absolute Gasteiger partial charge is 0.411 e. The number of carbonyl (C=O) groups is 1. The van der Waals surface area contributed by atoms with E-state index >= 15 is 4.39 Å². The average Bonchev–Trinajstić information content (AvgIpc) is 3.68. The third-order valence-electron chi connectivity index (χ3n) is 6.95. The molecule has 10 heteroatoms. The number of aliphatic imine (C=N–C) groups is 1. The number of amidine groups is 1. The lowest BCUT2D eigenvalue weighted by molar-refractivity contribution is -0.172. The maximum Gasteiger partial charge on any atom is 0.411 e. The van der Waals surface area contributed by atoms with E-state index < -0.39 is 34.7 Å². The van der Waals surface area contributed by atoms with Crippen molar-refractivity contribution < 1.29 is 31.5 Å². The maximum atomic E-state index is 15.1. The third-order valence-corrected chi connectivity index (χ3v) is 6.95. The first kappa shape index (κ1) is 29.3. The molecule has 2 aromatic rings. The molecule has 0 radical (unpaired) electrons. The molecule has 4 rings (SSSR count). The van der Waals surface area contributed by atoms with E-state index in [1.165, 1.54) is 19.9 Å². The Hall–Kier alpha value is -3.71. The van der Waals surface area contributed by atoms with Gasteiger partial charge in [0.1, 0.15) is 16.8 Å². The second-order valence-corrected chi connectivity index (χ2v) is 10.6. The molecule has 1 saturated carbocycles. The van der Waals surface area contributed by atoms with Gasteiger partial charge in [-0.25, -0.2) is 13.8 Å². The van der Waals surface area contributed by atoms with E-state index in [2.05, 4.69) is 28.7 Å². The molecule has 0 unspecified atom stereocenters. The number of alkyl halides is 3. The molecule has 0 aromatic heterocycles. The van der Waals surface area contributed by atoms with Crippen molar-refractivity contribution in [3.05, 3.63) is 76.5 Å². The first-order valence-electron chi connectivity index (χ1n) is 12.8. The van der Waals surface area contributed by atoms with Crippen LogP contribution in [0.5, 0.6) is 0 Å². The van der Waals surface area contributed by atoms with Crippen LogP contribution in [0.4, 0.5) is 27.6 Å². The van der Waals surface area contributed by atoms with Crippen LogP contribution in [-0.2, 0) is 16.1 Å². The van der Waals surface area contributed by atoms with E-state index in [1.54, 1.807) is 36.9 Å². The topological polar surface area (TPSA) is 53.9 Å². The molecule has 2 aliphatic rings. The normalized spacial score (nSPS) is 16.8. The maximum absolute atomic E-state index is 15.1. The van der Waals surface area contributed by atoms with Crippen molar-refractivity contribution in [2.24, 2.45) is 10.4 Å². The van der Waals surface area contributed by atoms with Gasteiger partial charge in [-0.2, -0.15) is 13.2 Å². The standard InChI is InChI=1S/C30H30F5N3O2/c1-18(2)36-26(24-19(3)9-10-22(31)25(24)32)38-15-16-40-17-21-20(7-6-8-23(21)38)11-12-28(4,5)27(39)37-29(13-14-29)30(33,34)35/h6-10H,1,13-17H2,2-5H3,(H,37,39). The van der Waals surface area contributed by atoms with Crippen molar-refractivity contribution in [1.29, 1.82) is 0 Å². The molecule has 1 amide bonds. The van der Waals surface area contributed by atoms with Crippen LogP contribution in [0.1, 0.15) is 55.9 Å². The zero-order valence-electron chi connectivity index (χ0n) is 22.7. The number of anilines is 1. The highest BCUT2D eigenvalue weighted by molar-refractivity contribution is 6.12. The number of benzene rings is 2. The number of hydrogen-bond donors (Lipinski definition) is 1. The Morgan fingerprint density at radius 1 is 1.18 bits per heavy atom. The molecule has 0 saturated heterocycles. The van der Waals surface area contributed by atoms with E-state index in [4.69, 9.17) is 4.74 Å². The van der Waals surface area contributed by atoms with Crippen LogP contribution in [0, 0.1) is 35.8 Å². The SMILES string of the molecule is C=C(C)N=C(c1c(C)ccc(F)c1F)N1CCOCc2c(C#CC(C)(C)C(=O)NC3(C(F)(F)F)CC3)cccc21. The average molecular weight is 560 g/mol. The van der Waals surface area contributed by atoms with Crippen molar-refractivity contribution in [3.8, 4) is 11.8 Å². The highest BCUT2D eigenvalue weighted by atomic mass is 19.4. The number of carbonyl (C=O) groups excluding carboxylic acids is 1. The lowest BCUT2D eigenvalue weighted by Crippen LogP contribution is -2.51. The summed E-state index contributed by atoms with van der Waals surface area (Å²) < 4.78 is 75.3. The molecule has 2 aromatic carbocycles. The van der Waals surface area contributed by atoms with Crippen LogP contribution in [0.3, 0.4) is 0 Å². The molecule has 1 aliphatic heterocycles. The van der Waals surface area contributed by atoms with Gasteiger partial charge in [-0.1, -0.05) is 30.6 Å². The number of rotatable bonds is 4. The van der Waals surface area contributed by atoms with Crippen LogP contribution in [-0.4, -0.2) is 36.6 Å². The lowest BCUT2D eigenvalue weighted by atomic mass is 9.91. The molecule has 0 spiro atoms. The Labute approximate surface area is 230 Å². The number of nitrogens with one attached hydrogen (secondary N) is 1.